The Kier molecular flexibility index (Phi) is 5.07. The fraction of sp³-hybridized carbons (Fsp3) is 0.562. The Morgan fingerprint density at radius 2 is 2.05 bits per heavy atom. The second-order valence-corrected chi connectivity index (χ2v) is 5.80. The van der Waals surface area contributed by atoms with E-state index in [1.165, 1.54) is 12.1 Å². The van der Waals surface area contributed by atoms with Crippen molar-refractivity contribution in [1.29, 1.82) is 0 Å². The molecule has 0 aromatic heterocycles. The third-order valence-electron chi connectivity index (χ3n) is 4.32. The number of nitro groups is 1. The zero-order valence-corrected chi connectivity index (χ0v) is 12.2. The van der Waals surface area contributed by atoms with Gasteiger partial charge < -0.3 is 5.11 Å². The van der Waals surface area contributed by atoms with Crippen molar-refractivity contribution in [3.05, 3.63) is 39.9 Å². The Labute approximate surface area is 124 Å². The molecule has 1 aromatic rings. The van der Waals surface area contributed by atoms with Gasteiger partial charge in [-0.2, -0.15) is 0 Å². The van der Waals surface area contributed by atoms with Gasteiger partial charge >= 0.3 is 0 Å². The van der Waals surface area contributed by atoms with E-state index in [4.69, 9.17) is 0 Å². The molecule has 21 heavy (non-hydrogen) atoms. The molecule has 1 aromatic carbocycles. The number of Topliss-reactive ketones (excluding diaryl/α,β-unsaturated/α-hetero) is 1. The number of aliphatic hydroxyl groups is 1. The first-order valence-electron chi connectivity index (χ1n) is 7.48. The summed E-state index contributed by atoms with van der Waals surface area (Å²) < 4.78 is 0. The van der Waals surface area contributed by atoms with E-state index in [2.05, 4.69) is 6.92 Å². The second-order valence-electron chi connectivity index (χ2n) is 5.80. The highest BCUT2D eigenvalue weighted by molar-refractivity contribution is 5.82. The van der Waals surface area contributed by atoms with Crippen LogP contribution < -0.4 is 0 Å². The quantitative estimate of drug-likeness (QED) is 0.666. The summed E-state index contributed by atoms with van der Waals surface area (Å²) in [7, 11) is 0. The van der Waals surface area contributed by atoms with Crippen LogP contribution in [0.4, 0.5) is 5.69 Å². The highest BCUT2D eigenvalue weighted by Crippen LogP contribution is 2.37. The molecule has 2 rings (SSSR count). The number of nitro benzene ring substituents is 1. The zero-order valence-electron chi connectivity index (χ0n) is 12.2. The fourth-order valence-electron chi connectivity index (χ4n) is 3.14. The number of benzene rings is 1. The Morgan fingerprint density at radius 1 is 1.38 bits per heavy atom. The zero-order chi connectivity index (χ0) is 15.4. The van der Waals surface area contributed by atoms with Gasteiger partial charge in [0.05, 0.1) is 11.0 Å². The summed E-state index contributed by atoms with van der Waals surface area (Å²) in [6.45, 7) is 2.12. The van der Waals surface area contributed by atoms with E-state index in [-0.39, 0.29) is 17.4 Å². The molecular weight excluding hydrogens is 270 g/mol. The van der Waals surface area contributed by atoms with Crippen LogP contribution in [0.2, 0.25) is 0 Å². The number of ketones is 1. The molecule has 0 bridgehead atoms. The summed E-state index contributed by atoms with van der Waals surface area (Å²) in [6.07, 6.45) is 3.45. The monoisotopic (exact) mass is 291 g/mol. The molecule has 1 aliphatic rings. The molecule has 0 radical (unpaired) electrons. The molecule has 1 aliphatic carbocycles. The summed E-state index contributed by atoms with van der Waals surface area (Å²) in [6, 6.07) is 5.82. The van der Waals surface area contributed by atoms with Crippen molar-refractivity contribution in [3.8, 4) is 0 Å². The number of rotatable bonds is 5. The SMILES string of the molecule is CCC[C@H]1CCC(=O)[C@@H]([C@H](O)c2ccc([N+](=O)[O-])cc2)C1. The lowest BCUT2D eigenvalue weighted by atomic mass is 9.75. The lowest BCUT2D eigenvalue weighted by Gasteiger charge is -2.31. The van der Waals surface area contributed by atoms with E-state index < -0.39 is 11.0 Å². The molecule has 1 saturated carbocycles. The van der Waals surface area contributed by atoms with E-state index in [0.717, 1.165) is 19.3 Å². The molecule has 0 saturated heterocycles. The van der Waals surface area contributed by atoms with Crippen LogP contribution in [-0.2, 0) is 4.79 Å². The van der Waals surface area contributed by atoms with Crippen LogP contribution >= 0.6 is 0 Å². The van der Waals surface area contributed by atoms with Crippen molar-refractivity contribution in [3.63, 3.8) is 0 Å². The normalized spacial score (nSPS) is 23.8. The summed E-state index contributed by atoms with van der Waals surface area (Å²) in [4.78, 5) is 22.2. The maximum Gasteiger partial charge on any atom is 0.269 e. The maximum absolute atomic E-state index is 12.1. The van der Waals surface area contributed by atoms with Crippen LogP contribution in [0.15, 0.2) is 24.3 Å². The van der Waals surface area contributed by atoms with E-state index in [9.17, 15) is 20.0 Å². The van der Waals surface area contributed by atoms with Crippen LogP contribution in [0.1, 0.15) is 50.7 Å². The van der Waals surface area contributed by atoms with Crippen molar-refractivity contribution in [2.24, 2.45) is 11.8 Å². The Hall–Kier alpha value is -1.75. The van der Waals surface area contributed by atoms with Gasteiger partial charge in [-0.15, -0.1) is 0 Å². The third kappa shape index (κ3) is 3.67. The number of hydrogen-bond donors (Lipinski definition) is 1. The van der Waals surface area contributed by atoms with Gasteiger partial charge in [-0.3, -0.25) is 14.9 Å². The van der Waals surface area contributed by atoms with Crippen molar-refractivity contribution >= 4 is 11.5 Å². The van der Waals surface area contributed by atoms with Crippen LogP contribution in [0, 0.1) is 22.0 Å². The summed E-state index contributed by atoms with van der Waals surface area (Å²) in [5.74, 6) is 0.218. The molecule has 114 valence electrons. The Balaban J connectivity index is 2.11. The van der Waals surface area contributed by atoms with E-state index in [1.54, 1.807) is 12.1 Å². The number of hydrogen-bond acceptors (Lipinski definition) is 4. The number of carbonyl (C=O) groups excluding carboxylic acids is 1. The lowest BCUT2D eigenvalue weighted by Crippen LogP contribution is -2.29. The lowest BCUT2D eigenvalue weighted by molar-refractivity contribution is -0.384. The van der Waals surface area contributed by atoms with Crippen molar-refractivity contribution in [2.75, 3.05) is 0 Å². The predicted octanol–water partition coefficient (Wildman–Crippen LogP) is 3.41. The van der Waals surface area contributed by atoms with E-state index >= 15 is 0 Å². The van der Waals surface area contributed by atoms with Crippen LogP contribution in [0.3, 0.4) is 0 Å². The van der Waals surface area contributed by atoms with Gasteiger partial charge in [0, 0.05) is 24.5 Å². The molecule has 0 unspecified atom stereocenters. The molecule has 5 heteroatoms. The van der Waals surface area contributed by atoms with Crippen LogP contribution in [-0.4, -0.2) is 15.8 Å². The highest BCUT2D eigenvalue weighted by atomic mass is 16.6. The van der Waals surface area contributed by atoms with Gasteiger partial charge in [-0.05, 0) is 36.5 Å². The molecule has 0 spiro atoms. The van der Waals surface area contributed by atoms with Crippen molar-refractivity contribution < 1.29 is 14.8 Å². The summed E-state index contributed by atoms with van der Waals surface area (Å²) >= 11 is 0. The Morgan fingerprint density at radius 3 is 2.62 bits per heavy atom. The van der Waals surface area contributed by atoms with Gasteiger partial charge in [0.1, 0.15) is 5.78 Å². The second kappa shape index (κ2) is 6.80. The van der Waals surface area contributed by atoms with Gasteiger partial charge in [-0.25, -0.2) is 0 Å². The number of carbonyl (C=O) groups is 1. The maximum atomic E-state index is 12.1. The molecule has 0 heterocycles. The molecule has 0 aliphatic heterocycles. The average molecular weight is 291 g/mol. The van der Waals surface area contributed by atoms with E-state index in [0.29, 0.717) is 24.3 Å². The first-order valence-corrected chi connectivity index (χ1v) is 7.48. The average Bonchev–Trinajstić information content (AvgIpc) is 2.49. The van der Waals surface area contributed by atoms with Crippen molar-refractivity contribution in [2.45, 2.75) is 45.1 Å². The molecule has 1 N–H and O–H groups in total. The fourth-order valence-corrected chi connectivity index (χ4v) is 3.14. The third-order valence-corrected chi connectivity index (χ3v) is 4.32. The summed E-state index contributed by atoms with van der Waals surface area (Å²) in [5.41, 5.74) is 0.570. The topological polar surface area (TPSA) is 80.4 Å². The van der Waals surface area contributed by atoms with Crippen LogP contribution in [0.5, 0.6) is 0 Å². The first-order chi connectivity index (χ1) is 10.0. The van der Waals surface area contributed by atoms with Gasteiger partial charge in [0.15, 0.2) is 0 Å². The minimum absolute atomic E-state index is 0.00946. The Bertz CT molecular complexity index is 512. The number of aliphatic hydroxyl groups excluding tert-OH is 1. The predicted molar refractivity (Wildman–Crippen MR) is 78.8 cm³/mol. The number of non-ortho nitro benzene ring substituents is 1. The van der Waals surface area contributed by atoms with Gasteiger partial charge in [0.25, 0.3) is 5.69 Å². The molecule has 3 atom stereocenters. The first kappa shape index (κ1) is 15.6. The number of nitrogens with zero attached hydrogens (tertiary/aromatic N) is 1. The standard InChI is InChI=1S/C16H21NO4/c1-2-3-11-4-9-15(18)14(10-11)16(19)12-5-7-13(8-6-12)17(20)21/h5-8,11,14,16,19H,2-4,9-10H2,1H3/t11-,14-,16+/m0/s1. The van der Waals surface area contributed by atoms with Crippen molar-refractivity contribution in [1.82, 2.24) is 0 Å². The molecule has 5 nitrogen and oxygen atoms in total. The minimum atomic E-state index is -0.863. The van der Waals surface area contributed by atoms with Gasteiger partial charge in [-0.1, -0.05) is 19.8 Å². The van der Waals surface area contributed by atoms with E-state index in [1.807, 2.05) is 0 Å². The highest BCUT2D eigenvalue weighted by Gasteiger charge is 2.34. The molecular formula is C16H21NO4. The molecule has 1 fully saturated rings. The summed E-state index contributed by atoms with van der Waals surface area (Å²) in [5, 5.41) is 21.1. The van der Waals surface area contributed by atoms with Crippen LogP contribution in [0.25, 0.3) is 0 Å². The molecule has 0 amide bonds. The van der Waals surface area contributed by atoms with Gasteiger partial charge in [0.2, 0.25) is 0 Å². The minimum Gasteiger partial charge on any atom is -0.388 e. The smallest absolute Gasteiger partial charge is 0.269 e. The largest absolute Gasteiger partial charge is 0.388 e.